The Hall–Kier alpha value is -0.610. The predicted octanol–water partition coefficient (Wildman–Crippen LogP) is -0.548. The predicted molar refractivity (Wildman–Crippen MR) is 45.9 cm³/mol. The first-order valence-corrected chi connectivity index (χ1v) is 4.16. The summed E-state index contributed by atoms with van der Waals surface area (Å²) in [4.78, 5) is 13.2. The number of likely N-dealkylation sites (N-methyl/N-ethyl adjacent to an activating group) is 1. The van der Waals surface area contributed by atoms with E-state index in [-0.39, 0.29) is 18.1 Å². The van der Waals surface area contributed by atoms with Gasteiger partial charge in [-0.1, -0.05) is 0 Å². The molecule has 2 unspecified atom stereocenters. The third kappa shape index (κ3) is 2.46. The number of morpholine rings is 1. The molecular weight excluding hydrogens is 156 g/mol. The van der Waals surface area contributed by atoms with Gasteiger partial charge >= 0.3 is 0 Å². The molecule has 4 nitrogen and oxygen atoms in total. The number of nitrogens with zero attached hydrogens (tertiary/aromatic N) is 1. The van der Waals surface area contributed by atoms with Crippen LogP contribution in [0.3, 0.4) is 0 Å². The molecule has 2 atom stereocenters. The lowest BCUT2D eigenvalue weighted by atomic mass is 10.2. The Morgan fingerprint density at radius 2 is 2.33 bits per heavy atom. The van der Waals surface area contributed by atoms with E-state index in [1.807, 2.05) is 25.9 Å². The molecule has 1 fully saturated rings. The lowest BCUT2D eigenvalue weighted by molar-refractivity contribution is -0.141. The second-order valence-corrected chi connectivity index (χ2v) is 3.49. The van der Waals surface area contributed by atoms with Crippen molar-refractivity contribution in [3.63, 3.8) is 0 Å². The lowest BCUT2D eigenvalue weighted by Gasteiger charge is -2.28. The van der Waals surface area contributed by atoms with E-state index in [4.69, 9.17) is 4.74 Å². The topological polar surface area (TPSA) is 41.6 Å². The SMILES string of the molecule is CC1COC(CN(C)C)C(=O)N1. The number of hydrogen-bond donors (Lipinski definition) is 1. The number of rotatable bonds is 2. The van der Waals surface area contributed by atoms with Gasteiger partial charge in [0.2, 0.25) is 0 Å². The highest BCUT2D eigenvalue weighted by Crippen LogP contribution is 2.02. The normalized spacial score (nSPS) is 30.5. The lowest BCUT2D eigenvalue weighted by Crippen LogP contribution is -2.52. The van der Waals surface area contributed by atoms with Crippen molar-refractivity contribution in [2.24, 2.45) is 0 Å². The van der Waals surface area contributed by atoms with E-state index in [0.717, 1.165) is 0 Å². The Morgan fingerprint density at radius 1 is 1.67 bits per heavy atom. The maximum Gasteiger partial charge on any atom is 0.250 e. The smallest absolute Gasteiger partial charge is 0.250 e. The van der Waals surface area contributed by atoms with Crippen molar-refractivity contribution in [3.8, 4) is 0 Å². The number of hydrogen-bond acceptors (Lipinski definition) is 3. The summed E-state index contributed by atoms with van der Waals surface area (Å²) >= 11 is 0. The molecule has 0 aliphatic carbocycles. The van der Waals surface area contributed by atoms with Crippen molar-refractivity contribution in [3.05, 3.63) is 0 Å². The third-order valence-electron chi connectivity index (χ3n) is 1.76. The number of nitrogens with one attached hydrogen (secondary N) is 1. The van der Waals surface area contributed by atoms with Gasteiger partial charge in [-0.05, 0) is 21.0 Å². The molecule has 0 aromatic carbocycles. The summed E-state index contributed by atoms with van der Waals surface area (Å²) in [5.41, 5.74) is 0. The molecule has 0 aromatic heterocycles. The van der Waals surface area contributed by atoms with E-state index in [0.29, 0.717) is 13.2 Å². The summed E-state index contributed by atoms with van der Waals surface area (Å²) in [5, 5.41) is 2.84. The van der Waals surface area contributed by atoms with Crippen LogP contribution in [0.4, 0.5) is 0 Å². The van der Waals surface area contributed by atoms with E-state index in [2.05, 4.69) is 5.32 Å². The molecule has 0 spiro atoms. The first-order chi connectivity index (χ1) is 5.59. The van der Waals surface area contributed by atoms with E-state index in [9.17, 15) is 4.79 Å². The molecular formula is C8H16N2O2. The number of amides is 1. The van der Waals surface area contributed by atoms with Gasteiger partial charge in [0.1, 0.15) is 6.10 Å². The molecule has 1 rings (SSSR count). The van der Waals surface area contributed by atoms with Crippen LogP contribution in [0.2, 0.25) is 0 Å². The molecule has 0 saturated carbocycles. The van der Waals surface area contributed by atoms with Crippen molar-refractivity contribution in [1.29, 1.82) is 0 Å². The minimum atomic E-state index is -0.295. The minimum absolute atomic E-state index is 0.00227. The fourth-order valence-corrected chi connectivity index (χ4v) is 1.18. The van der Waals surface area contributed by atoms with Crippen LogP contribution in [-0.2, 0) is 9.53 Å². The molecule has 0 aromatic rings. The average Bonchev–Trinajstić information content (AvgIpc) is 1.94. The summed E-state index contributed by atoms with van der Waals surface area (Å²) in [5.74, 6) is 0.00227. The van der Waals surface area contributed by atoms with Crippen molar-refractivity contribution in [2.45, 2.75) is 19.1 Å². The monoisotopic (exact) mass is 172 g/mol. The molecule has 1 aliphatic rings. The summed E-state index contributed by atoms with van der Waals surface area (Å²) in [6, 6.07) is 0.149. The Bertz CT molecular complexity index is 170. The van der Waals surface area contributed by atoms with Crippen LogP contribution in [0.25, 0.3) is 0 Å². The average molecular weight is 172 g/mol. The van der Waals surface area contributed by atoms with Gasteiger partial charge in [-0.2, -0.15) is 0 Å². The molecule has 12 heavy (non-hydrogen) atoms. The van der Waals surface area contributed by atoms with Gasteiger partial charge in [-0.25, -0.2) is 0 Å². The van der Waals surface area contributed by atoms with Crippen molar-refractivity contribution in [1.82, 2.24) is 10.2 Å². The first-order valence-electron chi connectivity index (χ1n) is 4.16. The Labute approximate surface area is 72.9 Å². The molecule has 1 saturated heterocycles. The fourth-order valence-electron chi connectivity index (χ4n) is 1.18. The Kier molecular flexibility index (Phi) is 3.05. The van der Waals surface area contributed by atoms with E-state index in [1.165, 1.54) is 0 Å². The maximum absolute atomic E-state index is 11.3. The second-order valence-electron chi connectivity index (χ2n) is 3.49. The van der Waals surface area contributed by atoms with E-state index in [1.54, 1.807) is 0 Å². The van der Waals surface area contributed by atoms with Gasteiger partial charge in [0.25, 0.3) is 5.91 Å². The van der Waals surface area contributed by atoms with Gasteiger partial charge in [-0.15, -0.1) is 0 Å². The molecule has 4 heteroatoms. The zero-order valence-electron chi connectivity index (χ0n) is 7.83. The Morgan fingerprint density at radius 3 is 2.83 bits per heavy atom. The molecule has 1 N–H and O–H groups in total. The van der Waals surface area contributed by atoms with Crippen LogP contribution < -0.4 is 5.32 Å². The quantitative estimate of drug-likeness (QED) is 0.607. The van der Waals surface area contributed by atoms with Crippen molar-refractivity contribution in [2.75, 3.05) is 27.2 Å². The van der Waals surface area contributed by atoms with Gasteiger partial charge in [0.15, 0.2) is 0 Å². The molecule has 0 radical (unpaired) electrons. The minimum Gasteiger partial charge on any atom is -0.365 e. The molecule has 70 valence electrons. The largest absolute Gasteiger partial charge is 0.365 e. The number of carbonyl (C=O) groups excluding carboxylic acids is 1. The fraction of sp³-hybridized carbons (Fsp3) is 0.875. The van der Waals surface area contributed by atoms with Crippen LogP contribution in [0.5, 0.6) is 0 Å². The highest BCUT2D eigenvalue weighted by atomic mass is 16.5. The van der Waals surface area contributed by atoms with Gasteiger partial charge < -0.3 is 15.0 Å². The van der Waals surface area contributed by atoms with Gasteiger partial charge in [0.05, 0.1) is 6.61 Å². The second kappa shape index (κ2) is 3.87. The standard InChI is InChI=1S/C8H16N2O2/c1-6-5-12-7(4-10(2)3)8(11)9-6/h6-7H,4-5H2,1-3H3,(H,9,11). The van der Waals surface area contributed by atoms with Crippen LogP contribution in [-0.4, -0.2) is 50.2 Å². The molecule has 0 bridgehead atoms. The van der Waals surface area contributed by atoms with Crippen LogP contribution in [0.15, 0.2) is 0 Å². The highest BCUT2D eigenvalue weighted by molar-refractivity contribution is 5.81. The highest BCUT2D eigenvalue weighted by Gasteiger charge is 2.26. The van der Waals surface area contributed by atoms with E-state index < -0.39 is 0 Å². The zero-order valence-corrected chi connectivity index (χ0v) is 7.83. The number of ether oxygens (including phenoxy) is 1. The number of carbonyl (C=O) groups is 1. The summed E-state index contributed by atoms with van der Waals surface area (Å²) in [6.07, 6.45) is -0.295. The van der Waals surface area contributed by atoms with Gasteiger partial charge in [0, 0.05) is 12.6 Å². The summed E-state index contributed by atoms with van der Waals surface area (Å²) < 4.78 is 5.36. The Balaban J connectivity index is 2.40. The van der Waals surface area contributed by atoms with Crippen molar-refractivity contribution < 1.29 is 9.53 Å². The molecule has 1 aliphatic heterocycles. The van der Waals surface area contributed by atoms with Crippen LogP contribution >= 0.6 is 0 Å². The molecule has 1 amide bonds. The zero-order chi connectivity index (χ0) is 9.14. The summed E-state index contributed by atoms with van der Waals surface area (Å²) in [6.45, 7) is 3.20. The maximum atomic E-state index is 11.3. The summed E-state index contributed by atoms with van der Waals surface area (Å²) in [7, 11) is 3.85. The third-order valence-corrected chi connectivity index (χ3v) is 1.76. The van der Waals surface area contributed by atoms with Crippen LogP contribution in [0, 0.1) is 0 Å². The van der Waals surface area contributed by atoms with E-state index >= 15 is 0 Å². The molecule has 1 heterocycles. The van der Waals surface area contributed by atoms with Crippen LogP contribution in [0.1, 0.15) is 6.92 Å². The van der Waals surface area contributed by atoms with Crippen molar-refractivity contribution >= 4 is 5.91 Å². The first kappa shape index (κ1) is 9.48. The van der Waals surface area contributed by atoms with Gasteiger partial charge in [-0.3, -0.25) is 4.79 Å².